The lowest BCUT2D eigenvalue weighted by Crippen LogP contribution is -2.28. The Balaban J connectivity index is 2.24. The summed E-state index contributed by atoms with van der Waals surface area (Å²) in [5.74, 6) is -0.693. The van der Waals surface area contributed by atoms with Crippen molar-refractivity contribution in [2.45, 2.75) is 12.7 Å². The molecule has 0 radical (unpaired) electrons. The summed E-state index contributed by atoms with van der Waals surface area (Å²) in [6, 6.07) is 8.82. The first-order chi connectivity index (χ1) is 12.2. The first kappa shape index (κ1) is 18.2. The van der Waals surface area contributed by atoms with Gasteiger partial charge in [0.15, 0.2) is 11.5 Å². The fraction of sp³-hybridized carbons (Fsp3) is 0.176. The number of hydrogen-bond acceptors (Lipinski definition) is 3. The number of halogens is 5. The zero-order chi connectivity index (χ0) is 19.1. The maximum absolute atomic E-state index is 14.3. The van der Waals surface area contributed by atoms with E-state index in [9.17, 15) is 22.4 Å². The van der Waals surface area contributed by atoms with Crippen molar-refractivity contribution in [1.82, 2.24) is 9.55 Å². The van der Waals surface area contributed by atoms with Gasteiger partial charge in [-0.25, -0.2) is 9.18 Å². The second kappa shape index (κ2) is 6.60. The number of rotatable bonds is 3. The first-order valence-electron chi connectivity index (χ1n) is 7.31. The molecule has 0 unspecified atom stereocenters. The molecule has 0 aliphatic rings. The second-order valence-electron chi connectivity index (χ2n) is 5.43. The molecule has 0 aliphatic heterocycles. The Labute approximate surface area is 149 Å². The molecule has 3 aromatic rings. The molecular formula is C17H11ClF4N2O2. The normalized spacial score (nSPS) is 11.8. The van der Waals surface area contributed by atoms with Crippen molar-refractivity contribution in [2.24, 2.45) is 0 Å². The number of hydrogen-bond donors (Lipinski definition) is 0. The minimum atomic E-state index is -5.00. The molecule has 9 heteroatoms. The van der Waals surface area contributed by atoms with Crippen LogP contribution >= 0.6 is 11.6 Å². The lowest BCUT2D eigenvalue weighted by Gasteiger charge is -2.15. The van der Waals surface area contributed by atoms with Crippen LogP contribution in [0.5, 0.6) is 5.75 Å². The van der Waals surface area contributed by atoms with Gasteiger partial charge in [-0.3, -0.25) is 4.57 Å². The van der Waals surface area contributed by atoms with E-state index < -0.39 is 33.8 Å². The average Bonchev–Trinajstić information content (AvgIpc) is 2.59. The molecule has 0 fully saturated rings. The van der Waals surface area contributed by atoms with Crippen LogP contribution in [0.2, 0.25) is 5.02 Å². The SMILES string of the molecule is COc1ccc(Cn2c(=O)nc(C(F)(F)F)c3c(F)c(Cl)ccc32)cc1. The Bertz CT molecular complexity index is 1030. The highest BCUT2D eigenvalue weighted by Crippen LogP contribution is 2.35. The van der Waals surface area contributed by atoms with Crippen molar-refractivity contribution in [3.8, 4) is 5.75 Å². The zero-order valence-electron chi connectivity index (χ0n) is 13.3. The van der Waals surface area contributed by atoms with Crippen molar-refractivity contribution in [2.75, 3.05) is 7.11 Å². The lowest BCUT2D eigenvalue weighted by atomic mass is 10.1. The highest BCUT2D eigenvalue weighted by Gasteiger charge is 2.37. The summed E-state index contributed by atoms with van der Waals surface area (Å²) in [7, 11) is 1.49. The average molecular weight is 387 g/mol. The predicted octanol–water partition coefficient (Wildman–Crippen LogP) is 4.26. The summed E-state index contributed by atoms with van der Waals surface area (Å²) in [5, 5.41) is -1.32. The monoisotopic (exact) mass is 386 g/mol. The molecule has 1 aromatic heterocycles. The summed E-state index contributed by atoms with van der Waals surface area (Å²) in [6.45, 7) is -0.0917. The van der Waals surface area contributed by atoms with Gasteiger partial charge in [0, 0.05) is 0 Å². The van der Waals surface area contributed by atoms with Crippen molar-refractivity contribution in [3.05, 3.63) is 69.0 Å². The molecule has 0 N–H and O–H groups in total. The minimum absolute atomic E-state index is 0.0917. The molecule has 0 saturated heterocycles. The van der Waals surface area contributed by atoms with Gasteiger partial charge < -0.3 is 4.74 Å². The molecule has 136 valence electrons. The predicted molar refractivity (Wildman–Crippen MR) is 88.1 cm³/mol. The number of nitrogens with zero attached hydrogens (tertiary/aromatic N) is 2. The standard InChI is InChI=1S/C17H11ClF4N2O2/c1-26-10-4-2-9(3-5-10)8-24-12-7-6-11(18)14(19)13(12)15(17(20,21)22)23-16(24)25/h2-7H,8H2,1H3. The number of aromatic nitrogens is 2. The summed E-state index contributed by atoms with van der Waals surface area (Å²) in [5.41, 5.74) is -2.37. The Morgan fingerprint density at radius 2 is 1.81 bits per heavy atom. The van der Waals surface area contributed by atoms with Gasteiger partial charge in [0.05, 0.1) is 29.6 Å². The molecule has 26 heavy (non-hydrogen) atoms. The van der Waals surface area contributed by atoms with Crippen LogP contribution < -0.4 is 10.4 Å². The number of fused-ring (bicyclic) bond motifs is 1. The fourth-order valence-corrected chi connectivity index (χ4v) is 2.73. The Hall–Kier alpha value is -2.61. The van der Waals surface area contributed by atoms with Crippen LogP contribution in [0.1, 0.15) is 11.3 Å². The molecule has 4 nitrogen and oxygen atoms in total. The fourth-order valence-electron chi connectivity index (χ4n) is 2.58. The molecule has 0 spiro atoms. The van der Waals surface area contributed by atoms with Gasteiger partial charge in [0.1, 0.15) is 5.75 Å². The lowest BCUT2D eigenvalue weighted by molar-refractivity contribution is -0.140. The third-order valence-electron chi connectivity index (χ3n) is 3.81. The molecular weight excluding hydrogens is 376 g/mol. The van der Waals surface area contributed by atoms with E-state index in [1.54, 1.807) is 24.3 Å². The van der Waals surface area contributed by atoms with E-state index in [2.05, 4.69) is 4.98 Å². The van der Waals surface area contributed by atoms with E-state index in [1.807, 2.05) is 0 Å². The van der Waals surface area contributed by atoms with E-state index in [0.717, 1.165) is 10.6 Å². The molecule has 0 saturated carbocycles. The van der Waals surface area contributed by atoms with E-state index in [4.69, 9.17) is 16.3 Å². The van der Waals surface area contributed by atoms with Crippen molar-refractivity contribution < 1.29 is 22.3 Å². The third-order valence-corrected chi connectivity index (χ3v) is 4.10. The minimum Gasteiger partial charge on any atom is -0.497 e. The highest BCUT2D eigenvalue weighted by atomic mass is 35.5. The van der Waals surface area contributed by atoms with E-state index in [1.165, 1.54) is 13.2 Å². The smallest absolute Gasteiger partial charge is 0.434 e. The van der Waals surface area contributed by atoms with Gasteiger partial charge in [-0.15, -0.1) is 0 Å². The molecule has 0 atom stereocenters. The quantitative estimate of drug-likeness (QED) is 0.632. The van der Waals surface area contributed by atoms with Gasteiger partial charge in [-0.05, 0) is 29.8 Å². The summed E-state index contributed by atoms with van der Waals surface area (Å²) >= 11 is 5.62. The van der Waals surface area contributed by atoms with Gasteiger partial charge in [-0.1, -0.05) is 23.7 Å². The largest absolute Gasteiger partial charge is 0.497 e. The highest BCUT2D eigenvalue weighted by molar-refractivity contribution is 6.31. The third kappa shape index (κ3) is 3.24. The summed E-state index contributed by atoms with van der Waals surface area (Å²) in [4.78, 5) is 15.3. The summed E-state index contributed by atoms with van der Waals surface area (Å²) in [6.07, 6.45) is -5.00. The van der Waals surface area contributed by atoms with Crippen LogP contribution in [-0.2, 0) is 12.7 Å². The maximum atomic E-state index is 14.3. The van der Waals surface area contributed by atoms with Crippen LogP contribution in [0.25, 0.3) is 10.9 Å². The maximum Gasteiger partial charge on any atom is 0.434 e. The summed E-state index contributed by atoms with van der Waals surface area (Å²) < 4.78 is 60.0. The Morgan fingerprint density at radius 3 is 2.38 bits per heavy atom. The van der Waals surface area contributed by atoms with Crippen molar-refractivity contribution >= 4 is 22.5 Å². The molecule has 2 aromatic carbocycles. The van der Waals surface area contributed by atoms with E-state index >= 15 is 0 Å². The first-order valence-corrected chi connectivity index (χ1v) is 7.69. The second-order valence-corrected chi connectivity index (χ2v) is 5.84. The Morgan fingerprint density at radius 1 is 1.15 bits per heavy atom. The van der Waals surface area contributed by atoms with Crippen LogP contribution in [-0.4, -0.2) is 16.7 Å². The number of ether oxygens (including phenoxy) is 1. The zero-order valence-corrected chi connectivity index (χ0v) is 14.0. The van der Waals surface area contributed by atoms with Crippen LogP contribution in [0.4, 0.5) is 17.6 Å². The molecule has 0 aliphatic carbocycles. The van der Waals surface area contributed by atoms with Gasteiger partial charge in [0.25, 0.3) is 0 Å². The van der Waals surface area contributed by atoms with Crippen LogP contribution in [0.3, 0.4) is 0 Å². The van der Waals surface area contributed by atoms with Crippen LogP contribution in [0.15, 0.2) is 41.2 Å². The number of methoxy groups -OCH3 is 1. The number of alkyl halides is 3. The van der Waals surface area contributed by atoms with Gasteiger partial charge >= 0.3 is 11.9 Å². The molecule has 0 bridgehead atoms. The molecule has 1 heterocycles. The number of benzene rings is 2. The van der Waals surface area contributed by atoms with Crippen molar-refractivity contribution in [3.63, 3.8) is 0 Å². The van der Waals surface area contributed by atoms with E-state index in [-0.39, 0.29) is 12.1 Å². The topological polar surface area (TPSA) is 44.1 Å². The van der Waals surface area contributed by atoms with Gasteiger partial charge in [0.2, 0.25) is 0 Å². The molecule has 0 amide bonds. The molecule has 3 rings (SSSR count). The Kier molecular flexibility index (Phi) is 4.62. The van der Waals surface area contributed by atoms with Gasteiger partial charge in [-0.2, -0.15) is 18.2 Å². The van der Waals surface area contributed by atoms with E-state index in [0.29, 0.717) is 11.3 Å². The van der Waals surface area contributed by atoms with Crippen molar-refractivity contribution in [1.29, 1.82) is 0 Å². The van der Waals surface area contributed by atoms with Crippen LogP contribution in [0, 0.1) is 5.82 Å².